The van der Waals surface area contributed by atoms with Gasteiger partial charge >= 0.3 is 11.9 Å². The third-order valence-corrected chi connectivity index (χ3v) is 2.98. The molecular formula is C10H17ClF2N4O. The molecule has 1 fully saturated rings. The average molecular weight is 283 g/mol. The van der Waals surface area contributed by atoms with Crippen molar-refractivity contribution in [3.8, 4) is 0 Å². The van der Waals surface area contributed by atoms with E-state index in [1.165, 1.54) is 0 Å². The van der Waals surface area contributed by atoms with E-state index >= 15 is 0 Å². The van der Waals surface area contributed by atoms with Gasteiger partial charge in [0.2, 0.25) is 5.82 Å². The van der Waals surface area contributed by atoms with Crippen molar-refractivity contribution in [3.63, 3.8) is 0 Å². The fraction of sp³-hybridized carbons (Fsp3) is 0.800. The van der Waals surface area contributed by atoms with Crippen molar-refractivity contribution in [1.29, 1.82) is 0 Å². The predicted molar refractivity (Wildman–Crippen MR) is 65.4 cm³/mol. The van der Waals surface area contributed by atoms with Crippen LogP contribution in [-0.4, -0.2) is 36.3 Å². The number of aromatic nitrogens is 2. The second kappa shape index (κ2) is 5.79. The molecule has 1 aliphatic heterocycles. The quantitative estimate of drug-likeness (QED) is 0.916. The zero-order chi connectivity index (χ0) is 12.5. The molecule has 1 aliphatic rings. The van der Waals surface area contributed by atoms with Gasteiger partial charge in [0.1, 0.15) is 0 Å². The fourth-order valence-corrected chi connectivity index (χ4v) is 1.88. The van der Waals surface area contributed by atoms with E-state index in [0.717, 1.165) is 32.9 Å². The van der Waals surface area contributed by atoms with Crippen molar-refractivity contribution in [2.45, 2.75) is 31.7 Å². The van der Waals surface area contributed by atoms with Gasteiger partial charge < -0.3 is 14.7 Å². The van der Waals surface area contributed by atoms with E-state index in [0.29, 0.717) is 6.04 Å². The molecular weight excluding hydrogens is 266 g/mol. The summed E-state index contributed by atoms with van der Waals surface area (Å²) >= 11 is 0. The smallest absolute Gasteiger partial charge is 0.324 e. The van der Waals surface area contributed by atoms with E-state index in [1.807, 2.05) is 11.9 Å². The van der Waals surface area contributed by atoms with Crippen LogP contribution in [0, 0.1) is 0 Å². The summed E-state index contributed by atoms with van der Waals surface area (Å²) in [5.41, 5.74) is 0. The second-order valence-electron chi connectivity index (χ2n) is 4.34. The molecule has 18 heavy (non-hydrogen) atoms. The lowest BCUT2D eigenvalue weighted by Gasteiger charge is -2.30. The molecule has 0 radical (unpaired) electrons. The fourth-order valence-electron chi connectivity index (χ4n) is 1.88. The normalized spacial score (nSPS) is 17.7. The Bertz CT molecular complexity index is 374. The molecule has 0 saturated carbocycles. The summed E-state index contributed by atoms with van der Waals surface area (Å²) in [6.07, 6.45) is 1.88. The number of halogens is 3. The third-order valence-electron chi connectivity index (χ3n) is 2.98. The van der Waals surface area contributed by atoms with Gasteiger partial charge in [0, 0.05) is 26.1 Å². The van der Waals surface area contributed by atoms with Crippen molar-refractivity contribution in [2.24, 2.45) is 0 Å². The first-order valence-electron chi connectivity index (χ1n) is 5.65. The molecule has 1 aromatic heterocycles. The van der Waals surface area contributed by atoms with Crippen molar-refractivity contribution in [2.75, 3.05) is 25.0 Å². The molecule has 2 heterocycles. The highest BCUT2D eigenvalue weighted by molar-refractivity contribution is 5.85. The molecule has 0 atom stereocenters. The van der Waals surface area contributed by atoms with Crippen LogP contribution < -0.4 is 10.2 Å². The highest BCUT2D eigenvalue weighted by atomic mass is 35.5. The SMILES string of the molecule is CNC1CCN(c2nc(C(C)(F)F)no2)CC1.Cl. The molecule has 8 heteroatoms. The first kappa shape index (κ1) is 15.1. The molecule has 0 bridgehead atoms. The van der Waals surface area contributed by atoms with Crippen molar-refractivity contribution in [1.82, 2.24) is 15.5 Å². The monoisotopic (exact) mass is 282 g/mol. The maximum atomic E-state index is 12.9. The topological polar surface area (TPSA) is 54.2 Å². The minimum atomic E-state index is -3.05. The minimum Gasteiger partial charge on any atom is -0.324 e. The molecule has 0 aliphatic carbocycles. The van der Waals surface area contributed by atoms with Crippen molar-refractivity contribution >= 4 is 18.4 Å². The molecule has 0 spiro atoms. The lowest BCUT2D eigenvalue weighted by Crippen LogP contribution is -2.41. The molecule has 104 valence electrons. The summed E-state index contributed by atoms with van der Waals surface area (Å²) in [5.74, 6) is -3.60. The zero-order valence-electron chi connectivity index (χ0n) is 10.3. The van der Waals surface area contributed by atoms with Crippen LogP contribution in [-0.2, 0) is 5.92 Å². The summed E-state index contributed by atoms with van der Waals surface area (Å²) in [5, 5.41) is 6.50. The van der Waals surface area contributed by atoms with Crippen LogP contribution in [0.25, 0.3) is 0 Å². The highest BCUT2D eigenvalue weighted by Gasteiger charge is 2.32. The molecule has 0 aromatic carbocycles. The Kier molecular flexibility index (Phi) is 4.86. The molecule has 5 nitrogen and oxygen atoms in total. The van der Waals surface area contributed by atoms with Crippen LogP contribution in [0.15, 0.2) is 4.52 Å². The van der Waals surface area contributed by atoms with Crippen LogP contribution in [0.5, 0.6) is 0 Å². The van der Waals surface area contributed by atoms with Crippen molar-refractivity contribution in [3.05, 3.63) is 5.82 Å². The van der Waals surface area contributed by atoms with Crippen LogP contribution >= 0.6 is 12.4 Å². The number of alkyl halides is 2. The number of rotatable bonds is 3. The van der Waals surface area contributed by atoms with Gasteiger partial charge in [-0.15, -0.1) is 12.4 Å². The molecule has 0 unspecified atom stereocenters. The summed E-state index contributed by atoms with van der Waals surface area (Å²) in [6, 6.07) is 0.664. The lowest BCUT2D eigenvalue weighted by molar-refractivity contribution is 0.00559. The summed E-state index contributed by atoms with van der Waals surface area (Å²) in [7, 11) is 1.92. The van der Waals surface area contributed by atoms with E-state index in [4.69, 9.17) is 4.52 Å². The Morgan fingerprint density at radius 3 is 2.44 bits per heavy atom. The molecule has 1 N–H and O–H groups in total. The van der Waals surface area contributed by atoms with Gasteiger partial charge in [-0.2, -0.15) is 13.8 Å². The predicted octanol–water partition coefficient (Wildman–Crippen LogP) is 1.79. The van der Waals surface area contributed by atoms with Crippen molar-refractivity contribution < 1.29 is 13.3 Å². The van der Waals surface area contributed by atoms with E-state index in [-0.39, 0.29) is 18.4 Å². The first-order chi connectivity index (χ1) is 8.00. The van der Waals surface area contributed by atoms with Gasteiger partial charge in [-0.05, 0) is 19.9 Å². The number of nitrogens with one attached hydrogen (secondary N) is 1. The molecule has 1 aromatic rings. The minimum absolute atomic E-state index is 0. The summed E-state index contributed by atoms with van der Waals surface area (Å²) < 4.78 is 30.7. The summed E-state index contributed by atoms with van der Waals surface area (Å²) in [4.78, 5) is 5.58. The largest absolute Gasteiger partial charge is 0.324 e. The van der Waals surface area contributed by atoms with Crippen LogP contribution in [0.3, 0.4) is 0 Å². The molecule has 0 amide bonds. The number of piperidine rings is 1. The van der Waals surface area contributed by atoms with Gasteiger partial charge in [0.05, 0.1) is 0 Å². The number of hydrogen-bond donors (Lipinski definition) is 1. The van der Waals surface area contributed by atoms with Crippen LogP contribution in [0.4, 0.5) is 14.8 Å². The number of anilines is 1. The second-order valence-corrected chi connectivity index (χ2v) is 4.34. The third kappa shape index (κ3) is 3.29. The van der Waals surface area contributed by atoms with Gasteiger partial charge in [0.15, 0.2) is 0 Å². The standard InChI is InChI=1S/C10H16F2N4O.ClH/c1-10(11,12)8-14-9(17-15-8)16-5-3-7(13-2)4-6-16;/h7,13H,3-6H2,1-2H3;1H. The average Bonchev–Trinajstić information content (AvgIpc) is 2.78. The molecule has 2 rings (SSSR count). The van der Waals surface area contributed by atoms with E-state index in [2.05, 4.69) is 15.5 Å². The van der Waals surface area contributed by atoms with Gasteiger partial charge in [-0.3, -0.25) is 0 Å². The first-order valence-corrected chi connectivity index (χ1v) is 5.65. The lowest BCUT2D eigenvalue weighted by atomic mass is 10.1. The highest BCUT2D eigenvalue weighted by Crippen LogP contribution is 2.26. The van der Waals surface area contributed by atoms with Gasteiger partial charge in [0.25, 0.3) is 0 Å². The summed E-state index contributed by atoms with van der Waals surface area (Å²) in [6.45, 7) is 2.24. The van der Waals surface area contributed by atoms with Gasteiger partial charge in [-0.25, -0.2) is 0 Å². The van der Waals surface area contributed by atoms with Gasteiger partial charge in [-0.1, -0.05) is 5.16 Å². The Morgan fingerprint density at radius 2 is 2.00 bits per heavy atom. The van der Waals surface area contributed by atoms with E-state index < -0.39 is 11.7 Å². The van der Waals surface area contributed by atoms with E-state index in [1.54, 1.807) is 0 Å². The maximum absolute atomic E-state index is 12.9. The Hall–Kier alpha value is -0.950. The van der Waals surface area contributed by atoms with Crippen LogP contribution in [0.1, 0.15) is 25.6 Å². The number of hydrogen-bond acceptors (Lipinski definition) is 5. The van der Waals surface area contributed by atoms with Crippen LogP contribution in [0.2, 0.25) is 0 Å². The Balaban J connectivity index is 0.00000162. The Labute approximate surface area is 110 Å². The number of nitrogens with zero attached hydrogens (tertiary/aromatic N) is 3. The molecule has 1 saturated heterocycles. The van der Waals surface area contributed by atoms with E-state index in [9.17, 15) is 8.78 Å². The maximum Gasteiger partial charge on any atom is 0.324 e. The Morgan fingerprint density at radius 1 is 1.39 bits per heavy atom. The zero-order valence-corrected chi connectivity index (χ0v) is 11.1.